The zero-order valence-electron chi connectivity index (χ0n) is 12.3. The molecule has 0 atom stereocenters. The molecule has 108 valence electrons. The number of pyridine rings is 1. The average molecular weight is 287 g/mol. The average Bonchev–Trinajstić information content (AvgIpc) is 3.14. The predicted molar refractivity (Wildman–Crippen MR) is 89.6 cm³/mol. The van der Waals surface area contributed by atoms with E-state index in [0.717, 1.165) is 12.1 Å². The van der Waals surface area contributed by atoms with Crippen LogP contribution in [-0.4, -0.2) is 14.5 Å². The summed E-state index contributed by atoms with van der Waals surface area (Å²) in [6, 6.07) is 12.8. The number of aromatic amines is 1. The maximum atomic E-state index is 4.67. The molecule has 3 heteroatoms. The van der Waals surface area contributed by atoms with Crippen LogP contribution in [0.25, 0.3) is 27.8 Å². The van der Waals surface area contributed by atoms with Crippen LogP contribution in [0.2, 0.25) is 0 Å². The van der Waals surface area contributed by atoms with Gasteiger partial charge in [-0.15, -0.1) is 0 Å². The highest BCUT2D eigenvalue weighted by atomic mass is 15.1. The van der Waals surface area contributed by atoms with Crippen molar-refractivity contribution in [2.45, 2.75) is 25.7 Å². The molecule has 4 aromatic rings. The number of nitrogens with one attached hydrogen (secondary N) is 1. The van der Waals surface area contributed by atoms with E-state index in [1.807, 2.05) is 12.3 Å². The summed E-state index contributed by atoms with van der Waals surface area (Å²) in [6.07, 6.45) is 9.00. The van der Waals surface area contributed by atoms with Gasteiger partial charge in [0.05, 0.1) is 5.52 Å². The lowest BCUT2D eigenvalue weighted by atomic mass is 9.95. The van der Waals surface area contributed by atoms with Gasteiger partial charge in [0.15, 0.2) is 0 Å². The monoisotopic (exact) mass is 287 g/mol. The second kappa shape index (κ2) is 4.47. The van der Waals surface area contributed by atoms with Crippen molar-refractivity contribution in [2.75, 3.05) is 0 Å². The molecule has 0 spiro atoms. The number of hydrogen-bond acceptors (Lipinski definition) is 1. The number of rotatable bonds is 1. The van der Waals surface area contributed by atoms with Gasteiger partial charge in [0, 0.05) is 23.2 Å². The molecule has 0 saturated heterocycles. The van der Waals surface area contributed by atoms with Gasteiger partial charge in [-0.05, 0) is 55.0 Å². The molecule has 3 heterocycles. The highest BCUT2D eigenvalue weighted by molar-refractivity contribution is 6.07. The highest BCUT2D eigenvalue weighted by Gasteiger charge is 2.20. The van der Waals surface area contributed by atoms with Crippen molar-refractivity contribution in [3.63, 3.8) is 0 Å². The number of nitrogens with zero attached hydrogens (tertiary/aromatic N) is 2. The minimum Gasteiger partial charge on any atom is -0.347 e. The molecule has 1 aliphatic rings. The first kappa shape index (κ1) is 12.0. The molecule has 22 heavy (non-hydrogen) atoms. The van der Waals surface area contributed by atoms with E-state index in [1.54, 1.807) is 0 Å². The van der Waals surface area contributed by atoms with E-state index >= 15 is 0 Å². The first-order valence-corrected chi connectivity index (χ1v) is 7.97. The molecule has 0 fully saturated rings. The molecule has 3 aromatic heterocycles. The summed E-state index contributed by atoms with van der Waals surface area (Å²) in [4.78, 5) is 8.19. The van der Waals surface area contributed by atoms with E-state index in [9.17, 15) is 0 Å². The molecule has 1 aromatic carbocycles. The van der Waals surface area contributed by atoms with E-state index in [1.165, 1.54) is 52.5 Å². The van der Waals surface area contributed by atoms with Crippen LogP contribution in [0.4, 0.5) is 0 Å². The van der Waals surface area contributed by atoms with Crippen molar-refractivity contribution in [2.24, 2.45) is 0 Å². The maximum absolute atomic E-state index is 4.67. The van der Waals surface area contributed by atoms with Crippen LogP contribution in [0.3, 0.4) is 0 Å². The van der Waals surface area contributed by atoms with Gasteiger partial charge in [-0.3, -0.25) is 4.57 Å². The lowest BCUT2D eigenvalue weighted by molar-refractivity contribution is 0.688. The fourth-order valence-electron chi connectivity index (χ4n) is 3.82. The van der Waals surface area contributed by atoms with Crippen LogP contribution in [0.15, 0.2) is 48.8 Å². The van der Waals surface area contributed by atoms with Gasteiger partial charge in [-0.25, -0.2) is 4.98 Å². The van der Waals surface area contributed by atoms with Crippen molar-refractivity contribution in [1.29, 1.82) is 0 Å². The first-order chi connectivity index (χ1) is 10.9. The summed E-state index contributed by atoms with van der Waals surface area (Å²) in [5.41, 5.74) is 5.22. The number of fused-ring (bicyclic) bond motifs is 4. The van der Waals surface area contributed by atoms with Crippen LogP contribution < -0.4 is 0 Å². The van der Waals surface area contributed by atoms with Crippen molar-refractivity contribution in [3.8, 4) is 5.82 Å². The first-order valence-electron chi connectivity index (χ1n) is 7.97. The molecule has 0 saturated carbocycles. The lowest BCUT2D eigenvalue weighted by Crippen LogP contribution is -2.04. The van der Waals surface area contributed by atoms with Crippen LogP contribution in [0.5, 0.6) is 0 Å². The Morgan fingerprint density at radius 1 is 0.955 bits per heavy atom. The van der Waals surface area contributed by atoms with Crippen molar-refractivity contribution in [1.82, 2.24) is 14.5 Å². The van der Waals surface area contributed by atoms with E-state index in [-0.39, 0.29) is 0 Å². The lowest BCUT2D eigenvalue weighted by Gasteiger charge is -2.14. The molecule has 5 rings (SSSR count). The molecule has 0 aliphatic heterocycles. The van der Waals surface area contributed by atoms with Gasteiger partial charge < -0.3 is 4.98 Å². The van der Waals surface area contributed by atoms with Crippen LogP contribution in [0.1, 0.15) is 24.0 Å². The summed E-state index contributed by atoms with van der Waals surface area (Å²) in [7, 11) is 0. The Labute approximate surface area is 128 Å². The molecular formula is C19H17N3. The molecule has 0 unspecified atom stereocenters. The molecule has 0 amide bonds. The van der Waals surface area contributed by atoms with E-state index < -0.39 is 0 Å². The van der Waals surface area contributed by atoms with Crippen LogP contribution in [0, 0.1) is 0 Å². The second-order valence-electron chi connectivity index (χ2n) is 6.08. The zero-order chi connectivity index (χ0) is 14.5. The number of aromatic nitrogens is 3. The molecule has 0 radical (unpaired) electrons. The smallest absolute Gasteiger partial charge is 0.146 e. The summed E-state index contributed by atoms with van der Waals surface area (Å²) >= 11 is 0. The standard InChI is InChI=1S/C19H17N3/c1-2-7-14-13(6-1)12-21-18(14)22-17-10-4-3-8-15(17)16-9-5-11-20-19(16)22/h3-5,8-12,21H,1-2,6-7H2. The summed E-state index contributed by atoms with van der Waals surface area (Å²) in [6.45, 7) is 0. The SMILES string of the molecule is c1ccc2c(c1)c1cccnc1n2-c1[nH]cc2c1CCCC2. The van der Waals surface area contributed by atoms with Crippen molar-refractivity contribution < 1.29 is 0 Å². The number of hydrogen-bond donors (Lipinski definition) is 1. The highest BCUT2D eigenvalue weighted by Crippen LogP contribution is 2.34. The number of aryl methyl sites for hydroxylation is 1. The minimum absolute atomic E-state index is 1.04. The van der Waals surface area contributed by atoms with E-state index in [2.05, 4.69) is 51.1 Å². The summed E-state index contributed by atoms with van der Waals surface area (Å²) < 4.78 is 2.30. The van der Waals surface area contributed by atoms with Crippen LogP contribution >= 0.6 is 0 Å². The van der Waals surface area contributed by atoms with Gasteiger partial charge in [0.25, 0.3) is 0 Å². The molecule has 1 N–H and O–H groups in total. The Hall–Kier alpha value is -2.55. The van der Waals surface area contributed by atoms with Crippen molar-refractivity contribution in [3.05, 3.63) is 59.9 Å². The third kappa shape index (κ3) is 1.54. The molecule has 1 aliphatic carbocycles. The van der Waals surface area contributed by atoms with Gasteiger partial charge >= 0.3 is 0 Å². The number of benzene rings is 1. The summed E-state index contributed by atoms with van der Waals surface area (Å²) in [5, 5.41) is 2.49. The molecule has 0 bridgehead atoms. The Morgan fingerprint density at radius 2 is 1.82 bits per heavy atom. The quantitative estimate of drug-likeness (QED) is 0.553. The number of H-pyrrole nitrogens is 1. The Balaban J connectivity index is 1.92. The zero-order valence-corrected chi connectivity index (χ0v) is 12.3. The molecule has 3 nitrogen and oxygen atoms in total. The third-order valence-corrected chi connectivity index (χ3v) is 4.84. The minimum atomic E-state index is 1.04. The molecular weight excluding hydrogens is 270 g/mol. The maximum Gasteiger partial charge on any atom is 0.146 e. The third-order valence-electron chi connectivity index (χ3n) is 4.84. The normalized spacial score (nSPS) is 14.5. The van der Waals surface area contributed by atoms with E-state index in [0.29, 0.717) is 0 Å². The Kier molecular flexibility index (Phi) is 2.45. The fourth-order valence-corrected chi connectivity index (χ4v) is 3.82. The predicted octanol–water partition coefficient (Wildman–Crippen LogP) is 4.39. The largest absolute Gasteiger partial charge is 0.347 e. The van der Waals surface area contributed by atoms with Crippen molar-refractivity contribution >= 4 is 21.9 Å². The topological polar surface area (TPSA) is 33.6 Å². The van der Waals surface area contributed by atoms with Gasteiger partial charge in [-0.1, -0.05) is 18.2 Å². The van der Waals surface area contributed by atoms with Gasteiger partial charge in [0.2, 0.25) is 0 Å². The van der Waals surface area contributed by atoms with Gasteiger partial charge in [-0.2, -0.15) is 0 Å². The number of para-hydroxylation sites is 1. The van der Waals surface area contributed by atoms with Gasteiger partial charge in [0.1, 0.15) is 11.5 Å². The fraction of sp³-hybridized carbons (Fsp3) is 0.211. The second-order valence-corrected chi connectivity index (χ2v) is 6.08. The Bertz CT molecular complexity index is 937. The summed E-state index contributed by atoms with van der Waals surface area (Å²) in [5.74, 6) is 1.21. The Morgan fingerprint density at radius 3 is 2.82 bits per heavy atom. The van der Waals surface area contributed by atoms with E-state index in [4.69, 9.17) is 0 Å². The van der Waals surface area contributed by atoms with Crippen LogP contribution in [-0.2, 0) is 12.8 Å².